The van der Waals surface area contributed by atoms with Gasteiger partial charge in [-0.1, -0.05) is 12.7 Å². The number of hydrogen-bond donors (Lipinski definition) is 0. The van der Waals surface area contributed by atoms with Crippen molar-refractivity contribution in [3.8, 4) is 0 Å². The molecule has 3 nitrogen and oxygen atoms in total. The van der Waals surface area contributed by atoms with Crippen LogP contribution in [0.4, 0.5) is 0 Å². The molecule has 0 aliphatic carbocycles. The van der Waals surface area contributed by atoms with E-state index in [1.165, 1.54) is 0 Å². The molecular weight excluding hydrogens is 188 g/mol. The van der Waals surface area contributed by atoms with Crippen molar-refractivity contribution in [3.05, 3.63) is 25.3 Å². The van der Waals surface area contributed by atoms with Gasteiger partial charge in [-0.3, -0.25) is 4.79 Å². The van der Waals surface area contributed by atoms with Crippen molar-refractivity contribution < 1.29 is 9.28 Å². The maximum absolute atomic E-state index is 11.6. The van der Waals surface area contributed by atoms with Crippen LogP contribution in [0.25, 0.3) is 0 Å². The Labute approximate surface area is 92.3 Å². The summed E-state index contributed by atoms with van der Waals surface area (Å²) in [6.45, 7) is 12.1. The molecule has 0 unspecified atom stereocenters. The molecule has 1 amide bonds. The Hall–Kier alpha value is -1.09. The number of quaternary nitrogens is 1. The van der Waals surface area contributed by atoms with Crippen molar-refractivity contribution in [3.63, 3.8) is 0 Å². The van der Waals surface area contributed by atoms with E-state index >= 15 is 0 Å². The Bertz CT molecular complexity index is 252. The van der Waals surface area contributed by atoms with Crippen molar-refractivity contribution in [1.82, 2.24) is 4.90 Å². The van der Waals surface area contributed by atoms with Gasteiger partial charge < -0.3 is 9.38 Å². The van der Waals surface area contributed by atoms with Crippen molar-refractivity contribution in [1.29, 1.82) is 0 Å². The highest BCUT2D eigenvalue weighted by molar-refractivity contribution is 5.77. The summed E-state index contributed by atoms with van der Waals surface area (Å²) in [5.74, 6) is 0.204. The fourth-order valence-corrected chi connectivity index (χ4v) is 1.94. The van der Waals surface area contributed by atoms with E-state index in [1.54, 1.807) is 6.08 Å². The monoisotopic (exact) mass is 209 g/mol. The van der Waals surface area contributed by atoms with Crippen molar-refractivity contribution in [2.24, 2.45) is 0 Å². The molecule has 1 aliphatic heterocycles. The Morgan fingerprint density at radius 3 is 2.40 bits per heavy atom. The standard InChI is InChI=1S/C12H21N2O/c1-4-6-12(15)13-7-10-14(3,9-5-2)11-8-13/h4-5H,1-2,6-11H2,3H3/q+1. The van der Waals surface area contributed by atoms with Gasteiger partial charge in [0.15, 0.2) is 0 Å². The van der Waals surface area contributed by atoms with E-state index in [2.05, 4.69) is 20.2 Å². The lowest BCUT2D eigenvalue weighted by atomic mass is 10.2. The molecule has 15 heavy (non-hydrogen) atoms. The number of carbonyl (C=O) groups is 1. The Kier molecular flexibility index (Phi) is 4.09. The molecule has 0 aromatic heterocycles. The zero-order valence-corrected chi connectivity index (χ0v) is 9.61. The van der Waals surface area contributed by atoms with Gasteiger partial charge in [-0.2, -0.15) is 0 Å². The van der Waals surface area contributed by atoms with Crippen molar-refractivity contribution in [2.75, 3.05) is 39.8 Å². The van der Waals surface area contributed by atoms with E-state index in [0.29, 0.717) is 6.42 Å². The Morgan fingerprint density at radius 2 is 1.93 bits per heavy atom. The Balaban J connectivity index is 2.44. The highest BCUT2D eigenvalue weighted by atomic mass is 16.2. The largest absolute Gasteiger partial charge is 0.331 e. The molecule has 1 heterocycles. The molecule has 0 aromatic rings. The summed E-state index contributed by atoms with van der Waals surface area (Å²) in [6, 6.07) is 0. The molecular formula is C12H21N2O+. The average Bonchev–Trinajstić information content (AvgIpc) is 2.19. The van der Waals surface area contributed by atoms with Gasteiger partial charge in [0.1, 0.15) is 0 Å². The van der Waals surface area contributed by atoms with E-state index in [1.807, 2.05) is 11.0 Å². The molecule has 0 spiro atoms. The SMILES string of the molecule is C=CCC(=O)N1CC[N+](C)(CC=C)CC1. The maximum Gasteiger partial charge on any atom is 0.226 e. The number of piperazine rings is 1. The fraction of sp³-hybridized carbons (Fsp3) is 0.583. The van der Waals surface area contributed by atoms with Gasteiger partial charge in [-0.15, -0.1) is 6.58 Å². The molecule has 0 bridgehead atoms. The minimum absolute atomic E-state index is 0.204. The molecule has 0 saturated carbocycles. The average molecular weight is 209 g/mol. The van der Waals surface area contributed by atoms with Gasteiger partial charge in [0.05, 0.1) is 39.8 Å². The molecule has 3 heteroatoms. The first-order chi connectivity index (χ1) is 7.11. The highest BCUT2D eigenvalue weighted by Crippen LogP contribution is 2.10. The second-order valence-corrected chi connectivity index (χ2v) is 4.41. The maximum atomic E-state index is 11.6. The normalized spacial score (nSPS) is 19.7. The van der Waals surface area contributed by atoms with Crippen molar-refractivity contribution in [2.45, 2.75) is 6.42 Å². The minimum Gasteiger partial charge on any atom is -0.331 e. The smallest absolute Gasteiger partial charge is 0.226 e. The summed E-state index contributed by atoms with van der Waals surface area (Å²) in [6.07, 6.45) is 4.10. The van der Waals surface area contributed by atoms with Crippen LogP contribution in [-0.2, 0) is 4.79 Å². The molecule has 1 fully saturated rings. The van der Waals surface area contributed by atoms with Gasteiger partial charge in [-0.05, 0) is 6.08 Å². The second-order valence-electron chi connectivity index (χ2n) is 4.41. The molecule has 1 rings (SSSR count). The van der Waals surface area contributed by atoms with Crippen LogP contribution in [0.2, 0.25) is 0 Å². The van der Waals surface area contributed by atoms with Crippen LogP contribution in [-0.4, -0.2) is 55.1 Å². The zero-order valence-electron chi connectivity index (χ0n) is 9.61. The van der Waals surface area contributed by atoms with Crippen LogP contribution in [0.5, 0.6) is 0 Å². The molecule has 0 radical (unpaired) electrons. The first-order valence-corrected chi connectivity index (χ1v) is 5.44. The first kappa shape index (κ1) is 12.0. The van der Waals surface area contributed by atoms with E-state index in [9.17, 15) is 4.79 Å². The molecule has 0 N–H and O–H groups in total. The summed E-state index contributed by atoms with van der Waals surface area (Å²) in [5.41, 5.74) is 0. The first-order valence-electron chi connectivity index (χ1n) is 5.44. The summed E-state index contributed by atoms with van der Waals surface area (Å²) in [5, 5.41) is 0. The minimum atomic E-state index is 0.204. The third kappa shape index (κ3) is 3.20. The predicted octanol–water partition coefficient (Wildman–Crippen LogP) is 1.04. The lowest BCUT2D eigenvalue weighted by molar-refractivity contribution is -0.907. The van der Waals surface area contributed by atoms with E-state index < -0.39 is 0 Å². The van der Waals surface area contributed by atoms with Crippen molar-refractivity contribution >= 4 is 5.91 Å². The van der Waals surface area contributed by atoms with Crippen LogP contribution in [0.3, 0.4) is 0 Å². The number of rotatable bonds is 4. The van der Waals surface area contributed by atoms with Crippen LogP contribution in [0, 0.1) is 0 Å². The van der Waals surface area contributed by atoms with E-state index in [0.717, 1.165) is 37.2 Å². The quantitative estimate of drug-likeness (QED) is 0.500. The predicted molar refractivity (Wildman–Crippen MR) is 62.4 cm³/mol. The lowest BCUT2D eigenvalue weighted by Crippen LogP contribution is -2.58. The number of amides is 1. The third-order valence-corrected chi connectivity index (χ3v) is 3.06. The second kappa shape index (κ2) is 5.12. The van der Waals surface area contributed by atoms with Crippen LogP contribution < -0.4 is 0 Å². The van der Waals surface area contributed by atoms with E-state index in [-0.39, 0.29) is 5.91 Å². The van der Waals surface area contributed by atoms with Gasteiger partial charge in [0.2, 0.25) is 5.91 Å². The van der Waals surface area contributed by atoms with Crippen LogP contribution in [0.15, 0.2) is 25.3 Å². The third-order valence-electron chi connectivity index (χ3n) is 3.06. The van der Waals surface area contributed by atoms with Crippen LogP contribution >= 0.6 is 0 Å². The number of hydrogen-bond acceptors (Lipinski definition) is 1. The molecule has 84 valence electrons. The van der Waals surface area contributed by atoms with Gasteiger partial charge >= 0.3 is 0 Å². The van der Waals surface area contributed by atoms with E-state index in [4.69, 9.17) is 0 Å². The lowest BCUT2D eigenvalue weighted by Gasteiger charge is -2.41. The summed E-state index contributed by atoms with van der Waals surface area (Å²) in [7, 11) is 2.22. The fourth-order valence-electron chi connectivity index (χ4n) is 1.94. The highest BCUT2D eigenvalue weighted by Gasteiger charge is 2.28. The Morgan fingerprint density at radius 1 is 1.33 bits per heavy atom. The molecule has 1 aliphatic rings. The molecule has 0 atom stereocenters. The summed E-state index contributed by atoms with van der Waals surface area (Å²) in [4.78, 5) is 13.5. The zero-order chi connectivity index (χ0) is 11.3. The summed E-state index contributed by atoms with van der Waals surface area (Å²) < 4.78 is 1.00. The summed E-state index contributed by atoms with van der Waals surface area (Å²) >= 11 is 0. The topological polar surface area (TPSA) is 20.3 Å². The number of carbonyl (C=O) groups excluding carboxylic acids is 1. The van der Waals surface area contributed by atoms with Gasteiger partial charge in [0.25, 0.3) is 0 Å². The van der Waals surface area contributed by atoms with Crippen LogP contribution in [0.1, 0.15) is 6.42 Å². The van der Waals surface area contributed by atoms with Gasteiger partial charge in [-0.25, -0.2) is 0 Å². The van der Waals surface area contributed by atoms with Gasteiger partial charge in [0, 0.05) is 6.42 Å². The molecule has 0 aromatic carbocycles. The number of nitrogens with zero attached hydrogens (tertiary/aromatic N) is 2. The molecule has 1 saturated heterocycles. The number of likely N-dealkylation sites (N-methyl/N-ethyl adjacent to an activating group) is 1.